The van der Waals surface area contributed by atoms with Crippen molar-refractivity contribution in [2.75, 3.05) is 13.6 Å². The van der Waals surface area contributed by atoms with Crippen LogP contribution >= 0.6 is 12.4 Å². The molecular weight excluding hydrogens is 281 g/mol. The molecule has 0 aliphatic rings. The molecule has 3 nitrogen and oxygen atoms in total. The summed E-state index contributed by atoms with van der Waals surface area (Å²) in [5, 5.41) is 5.56. The first kappa shape index (κ1) is 17.7. The number of rotatable bonds is 4. The van der Waals surface area contributed by atoms with E-state index < -0.39 is 11.7 Å². The van der Waals surface area contributed by atoms with E-state index in [1.807, 2.05) is 6.92 Å². The molecule has 2 N–H and O–H groups in total. The van der Waals surface area contributed by atoms with Crippen molar-refractivity contribution in [1.82, 2.24) is 10.6 Å². The van der Waals surface area contributed by atoms with Crippen LogP contribution < -0.4 is 10.6 Å². The normalized spacial score (nSPS) is 12.5. The van der Waals surface area contributed by atoms with E-state index in [4.69, 9.17) is 0 Å². The Morgan fingerprint density at radius 3 is 2.21 bits per heavy atom. The van der Waals surface area contributed by atoms with Crippen molar-refractivity contribution < 1.29 is 18.0 Å². The minimum atomic E-state index is -4.38. The van der Waals surface area contributed by atoms with Gasteiger partial charge >= 0.3 is 6.18 Å². The molecule has 0 heterocycles. The number of carbonyl (C=O) groups is 1. The molecule has 0 saturated heterocycles. The molecule has 7 heteroatoms. The third kappa shape index (κ3) is 5.48. The highest BCUT2D eigenvalue weighted by Crippen LogP contribution is 2.28. The van der Waals surface area contributed by atoms with Crippen molar-refractivity contribution in [2.45, 2.75) is 19.1 Å². The van der Waals surface area contributed by atoms with E-state index in [2.05, 4.69) is 10.6 Å². The van der Waals surface area contributed by atoms with Gasteiger partial charge in [0.15, 0.2) is 0 Å². The third-order valence-electron chi connectivity index (χ3n) is 2.54. The number of amides is 1. The van der Waals surface area contributed by atoms with E-state index >= 15 is 0 Å². The smallest absolute Gasteiger partial charge is 0.350 e. The lowest BCUT2D eigenvalue weighted by atomic mass is 10.1. The molecule has 1 rings (SSSR count). The zero-order valence-electron chi connectivity index (χ0n) is 10.5. The summed E-state index contributed by atoms with van der Waals surface area (Å²) in [6.07, 6.45) is -4.38. The first-order valence-corrected chi connectivity index (χ1v) is 5.47. The Balaban J connectivity index is 0.00000324. The monoisotopic (exact) mass is 296 g/mol. The lowest BCUT2D eigenvalue weighted by molar-refractivity contribution is -0.137. The fraction of sp³-hybridized carbons (Fsp3) is 0.417. The summed E-state index contributed by atoms with van der Waals surface area (Å²) in [6, 6.07) is 4.24. The quantitative estimate of drug-likeness (QED) is 0.896. The maximum Gasteiger partial charge on any atom is 0.416 e. The fourth-order valence-electron chi connectivity index (χ4n) is 1.26. The molecule has 1 unspecified atom stereocenters. The molecule has 0 radical (unpaired) electrons. The highest BCUT2D eigenvalue weighted by atomic mass is 35.5. The van der Waals surface area contributed by atoms with Crippen LogP contribution in [-0.4, -0.2) is 25.5 Å². The Kier molecular flexibility index (Phi) is 6.86. The number of benzene rings is 1. The van der Waals surface area contributed by atoms with Gasteiger partial charge in [-0.2, -0.15) is 13.2 Å². The van der Waals surface area contributed by atoms with Gasteiger partial charge in [0.25, 0.3) is 5.91 Å². The van der Waals surface area contributed by atoms with Crippen molar-refractivity contribution in [3.63, 3.8) is 0 Å². The summed E-state index contributed by atoms with van der Waals surface area (Å²) in [5.74, 6) is -0.383. The summed E-state index contributed by atoms with van der Waals surface area (Å²) in [7, 11) is 1.76. The Hall–Kier alpha value is -1.27. The van der Waals surface area contributed by atoms with Crippen LogP contribution in [0.5, 0.6) is 0 Å². The first-order chi connectivity index (χ1) is 8.34. The Morgan fingerprint density at radius 2 is 1.79 bits per heavy atom. The largest absolute Gasteiger partial charge is 0.416 e. The predicted octanol–water partition coefficient (Wildman–Crippen LogP) is 2.46. The van der Waals surface area contributed by atoms with Crippen LogP contribution in [0.25, 0.3) is 0 Å². The summed E-state index contributed by atoms with van der Waals surface area (Å²) in [5.41, 5.74) is -0.547. The Morgan fingerprint density at radius 1 is 1.26 bits per heavy atom. The topological polar surface area (TPSA) is 41.1 Å². The lowest BCUT2D eigenvalue weighted by Crippen LogP contribution is -2.37. The molecule has 1 aromatic carbocycles. The molecular formula is C12H16ClF3N2O. The average Bonchev–Trinajstić information content (AvgIpc) is 2.34. The summed E-state index contributed by atoms with van der Waals surface area (Å²) >= 11 is 0. The van der Waals surface area contributed by atoms with E-state index in [-0.39, 0.29) is 29.9 Å². The molecule has 0 aliphatic heterocycles. The molecule has 0 aliphatic carbocycles. The maximum absolute atomic E-state index is 12.3. The van der Waals surface area contributed by atoms with Gasteiger partial charge in [-0.05, 0) is 38.2 Å². The molecule has 108 valence electrons. The van der Waals surface area contributed by atoms with Gasteiger partial charge in [0.1, 0.15) is 0 Å². The number of hydrogen-bond acceptors (Lipinski definition) is 2. The molecule has 0 fully saturated rings. The van der Waals surface area contributed by atoms with Crippen LogP contribution in [0.4, 0.5) is 13.2 Å². The van der Waals surface area contributed by atoms with E-state index in [0.717, 1.165) is 12.1 Å². The number of nitrogens with one attached hydrogen (secondary N) is 2. The molecule has 1 aromatic rings. The molecule has 19 heavy (non-hydrogen) atoms. The summed E-state index contributed by atoms with van der Waals surface area (Å²) in [6.45, 7) is 2.30. The van der Waals surface area contributed by atoms with Crippen LogP contribution in [0.3, 0.4) is 0 Å². The fourth-order valence-corrected chi connectivity index (χ4v) is 1.26. The first-order valence-electron chi connectivity index (χ1n) is 5.47. The van der Waals surface area contributed by atoms with Crippen molar-refractivity contribution in [3.05, 3.63) is 35.4 Å². The maximum atomic E-state index is 12.3. The summed E-state index contributed by atoms with van der Waals surface area (Å²) < 4.78 is 36.9. The zero-order valence-corrected chi connectivity index (χ0v) is 11.4. The number of alkyl halides is 3. The number of carbonyl (C=O) groups excluding carboxylic acids is 1. The van der Waals surface area contributed by atoms with Crippen molar-refractivity contribution >= 4 is 18.3 Å². The minimum absolute atomic E-state index is 0. The van der Waals surface area contributed by atoms with Crippen LogP contribution in [-0.2, 0) is 6.18 Å². The van der Waals surface area contributed by atoms with Gasteiger partial charge in [0.05, 0.1) is 5.56 Å². The van der Waals surface area contributed by atoms with E-state index in [1.165, 1.54) is 12.1 Å². The Bertz CT molecular complexity index is 406. The standard InChI is InChI=1S/C12H15F3N2O.ClH/c1-8(16-2)7-17-11(18)9-3-5-10(6-4-9)12(13,14)15;/h3-6,8,16H,7H2,1-2H3,(H,17,18);1H. The third-order valence-corrected chi connectivity index (χ3v) is 2.54. The van der Waals surface area contributed by atoms with Gasteiger partial charge in [-0.1, -0.05) is 0 Å². The molecule has 0 spiro atoms. The molecule has 0 bridgehead atoms. The highest BCUT2D eigenvalue weighted by Gasteiger charge is 2.30. The number of hydrogen-bond donors (Lipinski definition) is 2. The van der Waals surface area contributed by atoms with Crippen molar-refractivity contribution in [2.24, 2.45) is 0 Å². The van der Waals surface area contributed by atoms with Crippen LogP contribution in [0.2, 0.25) is 0 Å². The molecule has 1 atom stereocenters. The van der Waals surface area contributed by atoms with Crippen LogP contribution in [0.1, 0.15) is 22.8 Å². The molecule has 0 saturated carbocycles. The van der Waals surface area contributed by atoms with E-state index in [9.17, 15) is 18.0 Å². The highest BCUT2D eigenvalue weighted by molar-refractivity contribution is 5.94. The molecule has 0 aromatic heterocycles. The van der Waals surface area contributed by atoms with Crippen molar-refractivity contribution in [3.8, 4) is 0 Å². The number of likely N-dealkylation sites (N-methyl/N-ethyl adjacent to an activating group) is 1. The second-order valence-corrected chi connectivity index (χ2v) is 3.97. The van der Waals surface area contributed by atoms with Crippen molar-refractivity contribution in [1.29, 1.82) is 0 Å². The van der Waals surface area contributed by atoms with Crippen LogP contribution in [0.15, 0.2) is 24.3 Å². The van der Waals surface area contributed by atoms with Gasteiger partial charge in [-0.25, -0.2) is 0 Å². The molecule has 1 amide bonds. The van der Waals surface area contributed by atoms with Gasteiger partial charge in [-0.3, -0.25) is 4.79 Å². The summed E-state index contributed by atoms with van der Waals surface area (Å²) in [4.78, 5) is 11.6. The zero-order chi connectivity index (χ0) is 13.8. The van der Waals surface area contributed by atoms with Gasteiger partial charge in [0, 0.05) is 18.2 Å². The second-order valence-electron chi connectivity index (χ2n) is 3.97. The second kappa shape index (κ2) is 7.35. The average molecular weight is 297 g/mol. The van der Waals surface area contributed by atoms with Gasteiger partial charge in [-0.15, -0.1) is 12.4 Å². The van der Waals surface area contributed by atoms with Crippen LogP contribution in [0, 0.1) is 0 Å². The lowest BCUT2D eigenvalue weighted by Gasteiger charge is -2.12. The van der Waals surface area contributed by atoms with E-state index in [1.54, 1.807) is 7.05 Å². The Labute approximate surface area is 116 Å². The van der Waals surface area contributed by atoms with Gasteiger partial charge in [0.2, 0.25) is 0 Å². The number of halogens is 4. The van der Waals surface area contributed by atoms with Gasteiger partial charge < -0.3 is 10.6 Å². The minimum Gasteiger partial charge on any atom is -0.350 e. The van der Waals surface area contributed by atoms with E-state index in [0.29, 0.717) is 6.54 Å². The SMILES string of the molecule is CNC(C)CNC(=O)c1ccc(C(F)(F)F)cc1.Cl. The predicted molar refractivity (Wildman–Crippen MR) is 69.5 cm³/mol.